The van der Waals surface area contributed by atoms with Gasteiger partial charge in [0.25, 0.3) is 0 Å². The molecule has 0 radical (unpaired) electrons. The maximum atomic E-state index is 11.2. The third kappa shape index (κ3) is 4.71. The van der Waals surface area contributed by atoms with Crippen molar-refractivity contribution in [2.75, 3.05) is 12.0 Å². The van der Waals surface area contributed by atoms with Crippen molar-refractivity contribution in [2.45, 2.75) is 57.0 Å². The number of benzene rings is 1. The second kappa shape index (κ2) is 7.94. The Kier molecular flexibility index (Phi) is 6.24. The van der Waals surface area contributed by atoms with E-state index in [-0.39, 0.29) is 0 Å². The topological polar surface area (TPSA) is 29.1 Å². The number of nitrogens with one attached hydrogen (secondary N) is 1. The standard InChI is InChI=1S/C17H27NOS/c1-14(12-13-20(2)19)18-17-11-7-6-10-16(17)15-8-4-3-5-9-15/h3-5,8-9,14,16-18H,6-7,10-13H2,1-2H3. The maximum Gasteiger partial charge on any atom is 0.0246 e. The maximum absolute atomic E-state index is 11.2. The van der Waals surface area contributed by atoms with Gasteiger partial charge in [-0.2, -0.15) is 0 Å². The van der Waals surface area contributed by atoms with Gasteiger partial charge in [-0.1, -0.05) is 43.2 Å². The molecule has 1 aromatic carbocycles. The van der Waals surface area contributed by atoms with Gasteiger partial charge in [0, 0.05) is 34.9 Å². The van der Waals surface area contributed by atoms with Gasteiger partial charge in [0.2, 0.25) is 0 Å². The van der Waals surface area contributed by atoms with Crippen LogP contribution in [0.1, 0.15) is 50.5 Å². The molecule has 1 aliphatic carbocycles. The molecular weight excluding hydrogens is 266 g/mol. The van der Waals surface area contributed by atoms with Crippen LogP contribution in [-0.2, 0) is 10.8 Å². The van der Waals surface area contributed by atoms with E-state index in [0.29, 0.717) is 18.0 Å². The third-order valence-corrected chi connectivity index (χ3v) is 5.14. The van der Waals surface area contributed by atoms with Crippen molar-refractivity contribution in [3.05, 3.63) is 35.9 Å². The molecule has 0 saturated heterocycles. The molecule has 2 nitrogen and oxygen atoms in total. The first-order valence-electron chi connectivity index (χ1n) is 7.78. The van der Waals surface area contributed by atoms with Gasteiger partial charge < -0.3 is 5.32 Å². The fourth-order valence-corrected chi connectivity index (χ4v) is 3.91. The largest absolute Gasteiger partial charge is 0.311 e. The van der Waals surface area contributed by atoms with E-state index in [2.05, 4.69) is 42.6 Å². The fourth-order valence-electron chi connectivity index (χ4n) is 3.22. The molecule has 1 N–H and O–H groups in total. The lowest BCUT2D eigenvalue weighted by Crippen LogP contribution is -2.42. The summed E-state index contributed by atoms with van der Waals surface area (Å²) >= 11 is 0. The zero-order chi connectivity index (χ0) is 14.4. The van der Waals surface area contributed by atoms with E-state index in [4.69, 9.17) is 0 Å². The number of rotatable bonds is 6. The third-order valence-electron chi connectivity index (χ3n) is 4.33. The highest BCUT2D eigenvalue weighted by Gasteiger charge is 2.27. The second-order valence-corrected chi connectivity index (χ2v) is 7.60. The van der Waals surface area contributed by atoms with E-state index in [9.17, 15) is 4.21 Å². The first-order chi connectivity index (χ1) is 9.66. The molecule has 0 aromatic heterocycles. The molecule has 20 heavy (non-hydrogen) atoms. The second-order valence-electron chi connectivity index (χ2n) is 6.04. The Morgan fingerprint density at radius 2 is 1.95 bits per heavy atom. The minimum Gasteiger partial charge on any atom is -0.311 e. The minimum absolute atomic E-state index is 0.452. The van der Waals surface area contributed by atoms with Crippen molar-refractivity contribution >= 4 is 10.8 Å². The highest BCUT2D eigenvalue weighted by Crippen LogP contribution is 2.33. The van der Waals surface area contributed by atoms with Crippen LogP contribution in [0.2, 0.25) is 0 Å². The molecule has 1 saturated carbocycles. The van der Waals surface area contributed by atoms with E-state index >= 15 is 0 Å². The zero-order valence-corrected chi connectivity index (χ0v) is 13.5. The van der Waals surface area contributed by atoms with Gasteiger partial charge in [0.05, 0.1) is 0 Å². The zero-order valence-electron chi connectivity index (χ0n) is 12.7. The molecule has 0 heterocycles. The van der Waals surface area contributed by atoms with Gasteiger partial charge in [-0.05, 0) is 37.7 Å². The Hall–Kier alpha value is -0.670. The summed E-state index contributed by atoms with van der Waals surface area (Å²) in [7, 11) is -0.677. The van der Waals surface area contributed by atoms with Crippen LogP contribution < -0.4 is 5.32 Å². The van der Waals surface area contributed by atoms with Crippen LogP contribution in [0.5, 0.6) is 0 Å². The summed E-state index contributed by atoms with van der Waals surface area (Å²) in [6, 6.07) is 11.9. The van der Waals surface area contributed by atoms with Crippen LogP contribution >= 0.6 is 0 Å². The van der Waals surface area contributed by atoms with E-state index in [1.54, 1.807) is 6.26 Å². The lowest BCUT2D eigenvalue weighted by molar-refractivity contribution is 0.302. The van der Waals surface area contributed by atoms with Gasteiger partial charge in [0.1, 0.15) is 0 Å². The van der Waals surface area contributed by atoms with Gasteiger partial charge in [-0.15, -0.1) is 0 Å². The van der Waals surface area contributed by atoms with Crippen LogP contribution in [0.15, 0.2) is 30.3 Å². The first-order valence-corrected chi connectivity index (χ1v) is 9.50. The number of hydrogen-bond donors (Lipinski definition) is 1. The van der Waals surface area contributed by atoms with Crippen molar-refractivity contribution in [3.63, 3.8) is 0 Å². The predicted octanol–water partition coefficient (Wildman–Crippen LogP) is 3.46. The van der Waals surface area contributed by atoms with Crippen LogP contribution in [-0.4, -0.2) is 28.3 Å². The molecule has 112 valence electrons. The van der Waals surface area contributed by atoms with Crippen molar-refractivity contribution in [1.29, 1.82) is 0 Å². The van der Waals surface area contributed by atoms with Gasteiger partial charge in [-0.25, -0.2) is 0 Å². The Balaban J connectivity index is 1.95. The molecular formula is C17H27NOS. The van der Waals surface area contributed by atoms with Crippen molar-refractivity contribution in [3.8, 4) is 0 Å². The minimum atomic E-state index is -0.677. The van der Waals surface area contributed by atoms with Gasteiger partial charge in [0.15, 0.2) is 0 Å². The van der Waals surface area contributed by atoms with Crippen molar-refractivity contribution in [2.24, 2.45) is 0 Å². The van der Waals surface area contributed by atoms with Crippen LogP contribution in [0.3, 0.4) is 0 Å². The number of hydrogen-bond acceptors (Lipinski definition) is 2. The highest BCUT2D eigenvalue weighted by molar-refractivity contribution is 7.84. The molecule has 0 spiro atoms. The molecule has 0 aliphatic heterocycles. The summed E-state index contributed by atoms with van der Waals surface area (Å²) in [5.41, 5.74) is 1.47. The summed E-state index contributed by atoms with van der Waals surface area (Å²) < 4.78 is 11.2. The van der Waals surface area contributed by atoms with Crippen molar-refractivity contribution < 1.29 is 4.21 Å². The summed E-state index contributed by atoms with van der Waals surface area (Å²) in [5, 5.41) is 3.79. The Labute approximate surface area is 125 Å². The molecule has 4 atom stereocenters. The quantitative estimate of drug-likeness (QED) is 0.870. The summed E-state index contributed by atoms with van der Waals surface area (Å²) in [6.07, 6.45) is 8.01. The van der Waals surface area contributed by atoms with Gasteiger partial charge in [-0.3, -0.25) is 4.21 Å². The van der Waals surface area contributed by atoms with Crippen LogP contribution in [0, 0.1) is 0 Å². The molecule has 3 heteroatoms. The summed E-state index contributed by atoms with van der Waals surface area (Å²) in [6.45, 7) is 2.23. The molecule has 4 unspecified atom stereocenters. The van der Waals surface area contributed by atoms with Crippen LogP contribution in [0.25, 0.3) is 0 Å². The highest BCUT2D eigenvalue weighted by atomic mass is 32.2. The summed E-state index contributed by atoms with van der Waals surface area (Å²) in [4.78, 5) is 0. The average molecular weight is 293 g/mol. The first kappa shape index (κ1) is 15.7. The lowest BCUT2D eigenvalue weighted by Gasteiger charge is -2.35. The normalized spacial score (nSPS) is 26.1. The Morgan fingerprint density at radius 3 is 2.65 bits per heavy atom. The molecule has 0 bridgehead atoms. The SMILES string of the molecule is CC(CCS(C)=O)NC1CCCCC1c1ccccc1. The Bertz CT molecular complexity index is 420. The predicted molar refractivity (Wildman–Crippen MR) is 87.6 cm³/mol. The molecule has 0 amide bonds. The smallest absolute Gasteiger partial charge is 0.0246 e. The Morgan fingerprint density at radius 1 is 1.25 bits per heavy atom. The molecule has 1 fully saturated rings. The van der Waals surface area contributed by atoms with E-state index in [1.807, 2.05) is 0 Å². The fraction of sp³-hybridized carbons (Fsp3) is 0.647. The monoisotopic (exact) mass is 293 g/mol. The molecule has 2 rings (SSSR count). The molecule has 1 aromatic rings. The molecule has 1 aliphatic rings. The van der Waals surface area contributed by atoms with E-state index in [0.717, 1.165) is 12.2 Å². The van der Waals surface area contributed by atoms with E-state index < -0.39 is 10.8 Å². The van der Waals surface area contributed by atoms with E-state index in [1.165, 1.54) is 31.2 Å². The average Bonchev–Trinajstić information content (AvgIpc) is 2.47. The summed E-state index contributed by atoms with van der Waals surface area (Å²) in [5.74, 6) is 1.44. The van der Waals surface area contributed by atoms with Crippen molar-refractivity contribution in [1.82, 2.24) is 5.32 Å². The van der Waals surface area contributed by atoms with Crippen LogP contribution in [0.4, 0.5) is 0 Å². The van der Waals surface area contributed by atoms with Gasteiger partial charge >= 0.3 is 0 Å². The lowest BCUT2D eigenvalue weighted by atomic mass is 9.79.